The lowest BCUT2D eigenvalue weighted by Gasteiger charge is -2.37. The van der Waals surface area contributed by atoms with Crippen LogP contribution < -0.4 is 10.6 Å². The third-order valence-electron chi connectivity index (χ3n) is 3.46. The van der Waals surface area contributed by atoms with Crippen molar-refractivity contribution in [3.63, 3.8) is 0 Å². The summed E-state index contributed by atoms with van der Waals surface area (Å²) in [6.45, 7) is 6.24. The summed E-state index contributed by atoms with van der Waals surface area (Å²) in [5, 5.41) is 9.27. The molecule has 1 saturated heterocycles. The van der Waals surface area contributed by atoms with Crippen molar-refractivity contribution in [1.29, 1.82) is 0 Å². The SMILES string of the molecule is C[C@@H]1C[C@@H](C)CN(c2ccc(N)cc2C(=O)O)C1. The molecule has 1 aromatic rings. The maximum absolute atomic E-state index is 11.3. The van der Waals surface area contributed by atoms with Gasteiger partial charge in [-0.1, -0.05) is 13.8 Å². The van der Waals surface area contributed by atoms with Gasteiger partial charge in [-0.2, -0.15) is 0 Å². The molecule has 1 heterocycles. The van der Waals surface area contributed by atoms with Gasteiger partial charge in [-0.15, -0.1) is 0 Å². The van der Waals surface area contributed by atoms with Crippen molar-refractivity contribution < 1.29 is 9.90 Å². The molecule has 3 N–H and O–H groups in total. The van der Waals surface area contributed by atoms with Crippen molar-refractivity contribution >= 4 is 17.3 Å². The minimum absolute atomic E-state index is 0.302. The first kappa shape index (κ1) is 12.7. The Hall–Kier alpha value is -1.71. The van der Waals surface area contributed by atoms with Crippen LogP contribution in [-0.4, -0.2) is 24.2 Å². The Morgan fingerprint density at radius 2 is 1.94 bits per heavy atom. The fourth-order valence-electron chi connectivity index (χ4n) is 2.86. The Kier molecular flexibility index (Phi) is 3.45. The Morgan fingerprint density at radius 3 is 2.50 bits per heavy atom. The highest BCUT2D eigenvalue weighted by Crippen LogP contribution is 2.29. The molecule has 4 heteroatoms. The molecule has 18 heavy (non-hydrogen) atoms. The van der Waals surface area contributed by atoms with E-state index in [0.717, 1.165) is 18.8 Å². The summed E-state index contributed by atoms with van der Waals surface area (Å²) in [6, 6.07) is 5.14. The average Bonchev–Trinajstić information content (AvgIpc) is 2.27. The van der Waals surface area contributed by atoms with Crippen molar-refractivity contribution in [1.82, 2.24) is 0 Å². The number of nitrogens with two attached hydrogens (primary N) is 1. The molecular formula is C14H20N2O2. The number of nitrogens with zero attached hydrogens (tertiary/aromatic N) is 1. The van der Waals surface area contributed by atoms with Gasteiger partial charge in [0.1, 0.15) is 0 Å². The number of rotatable bonds is 2. The second-order valence-corrected chi connectivity index (χ2v) is 5.43. The Balaban J connectivity index is 2.35. The van der Waals surface area contributed by atoms with Crippen molar-refractivity contribution in [2.75, 3.05) is 23.7 Å². The predicted octanol–water partition coefficient (Wildman–Crippen LogP) is 2.45. The Bertz CT molecular complexity index is 449. The molecule has 1 fully saturated rings. The van der Waals surface area contributed by atoms with Crippen molar-refractivity contribution in [3.05, 3.63) is 23.8 Å². The molecule has 1 aliphatic rings. The lowest BCUT2D eigenvalue weighted by Crippen LogP contribution is -2.39. The van der Waals surface area contributed by atoms with E-state index >= 15 is 0 Å². The quantitative estimate of drug-likeness (QED) is 0.789. The molecule has 0 aromatic heterocycles. The maximum Gasteiger partial charge on any atom is 0.337 e. The smallest absolute Gasteiger partial charge is 0.337 e. The van der Waals surface area contributed by atoms with Crippen LogP contribution in [0.5, 0.6) is 0 Å². The molecule has 0 bridgehead atoms. The zero-order valence-electron chi connectivity index (χ0n) is 10.9. The van der Waals surface area contributed by atoms with Gasteiger partial charge in [-0.3, -0.25) is 0 Å². The third-order valence-corrected chi connectivity index (χ3v) is 3.46. The van der Waals surface area contributed by atoms with E-state index in [0.29, 0.717) is 23.1 Å². The molecule has 0 saturated carbocycles. The number of piperidine rings is 1. The summed E-state index contributed by atoms with van der Waals surface area (Å²) in [4.78, 5) is 13.5. The molecular weight excluding hydrogens is 228 g/mol. The van der Waals surface area contributed by atoms with E-state index < -0.39 is 5.97 Å². The third kappa shape index (κ3) is 2.58. The van der Waals surface area contributed by atoms with E-state index in [4.69, 9.17) is 5.73 Å². The van der Waals surface area contributed by atoms with E-state index in [2.05, 4.69) is 18.7 Å². The zero-order chi connectivity index (χ0) is 13.3. The first-order valence-corrected chi connectivity index (χ1v) is 6.35. The van der Waals surface area contributed by atoms with Crippen LogP contribution in [-0.2, 0) is 0 Å². The van der Waals surface area contributed by atoms with Gasteiger partial charge in [0, 0.05) is 18.8 Å². The van der Waals surface area contributed by atoms with Gasteiger partial charge in [0.05, 0.1) is 11.3 Å². The van der Waals surface area contributed by atoms with Crippen molar-refractivity contribution in [2.45, 2.75) is 20.3 Å². The topological polar surface area (TPSA) is 66.6 Å². The first-order valence-electron chi connectivity index (χ1n) is 6.35. The molecule has 98 valence electrons. The van der Waals surface area contributed by atoms with Crippen molar-refractivity contribution in [2.24, 2.45) is 11.8 Å². The average molecular weight is 248 g/mol. The summed E-state index contributed by atoms with van der Waals surface area (Å²) in [7, 11) is 0. The predicted molar refractivity (Wildman–Crippen MR) is 73.0 cm³/mol. The highest BCUT2D eigenvalue weighted by atomic mass is 16.4. The summed E-state index contributed by atoms with van der Waals surface area (Å²) in [5.41, 5.74) is 7.25. The Morgan fingerprint density at radius 1 is 1.33 bits per heavy atom. The Labute approximate surface area is 107 Å². The van der Waals surface area contributed by atoms with E-state index in [9.17, 15) is 9.90 Å². The minimum Gasteiger partial charge on any atom is -0.478 e. The standard InChI is InChI=1S/C14H20N2O2/c1-9-5-10(2)8-16(7-9)13-4-3-11(15)6-12(13)14(17)18/h3-4,6,9-10H,5,7-8,15H2,1-2H3,(H,17,18)/t9-,10-/m1/s1. The van der Waals surface area contributed by atoms with Crippen LogP contribution in [0.25, 0.3) is 0 Å². The van der Waals surface area contributed by atoms with E-state index in [1.807, 2.05) is 6.07 Å². The monoisotopic (exact) mass is 248 g/mol. The lowest BCUT2D eigenvalue weighted by molar-refractivity contribution is 0.0697. The van der Waals surface area contributed by atoms with Crippen LogP contribution in [0.2, 0.25) is 0 Å². The fraction of sp³-hybridized carbons (Fsp3) is 0.500. The molecule has 0 spiro atoms. The van der Waals surface area contributed by atoms with Crippen LogP contribution in [0.4, 0.5) is 11.4 Å². The van der Waals surface area contributed by atoms with Crippen molar-refractivity contribution in [3.8, 4) is 0 Å². The van der Waals surface area contributed by atoms with Gasteiger partial charge in [-0.25, -0.2) is 4.79 Å². The molecule has 0 radical (unpaired) electrons. The molecule has 1 aromatic carbocycles. The molecule has 4 nitrogen and oxygen atoms in total. The summed E-state index contributed by atoms with van der Waals surface area (Å²) < 4.78 is 0. The molecule has 1 aliphatic heterocycles. The number of hydrogen-bond donors (Lipinski definition) is 2. The number of aromatic carboxylic acids is 1. The highest BCUT2D eigenvalue weighted by molar-refractivity contribution is 5.95. The minimum atomic E-state index is -0.914. The lowest BCUT2D eigenvalue weighted by atomic mass is 9.91. The highest BCUT2D eigenvalue weighted by Gasteiger charge is 2.25. The van der Waals surface area contributed by atoms with Gasteiger partial charge in [0.15, 0.2) is 0 Å². The number of carboxylic acids is 1. The molecule has 0 unspecified atom stereocenters. The number of carboxylic acid groups (broad SMARTS) is 1. The van der Waals surface area contributed by atoms with E-state index in [-0.39, 0.29) is 0 Å². The van der Waals surface area contributed by atoms with Gasteiger partial charge in [0.25, 0.3) is 0 Å². The summed E-state index contributed by atoms with van der Waals surface area (Å²) >= 11 is 0. The van der Waals surface area contributed by atoms with Gasteiger partial charge in [-0.05, 0) is 36.5 Å². The van der Waals surface area contributed by atoms with Crippen LogP contribution >= 0.6 is 0 Å². The second-order valence-electron chi connectivity index (χ2n) is 5.43. The second kappa shape index (κ2) is 4.88. The zero-order valence-corrected chi connectivity index (χ0v) is 10.9. The van der Waals surface area contributed by atoms with Gasteiger partial charge in [0.2, 0.25) is 0 Å². The number of nitrogen functional groups attached to an aromatic ring is 1. The van der Waals surface area contributed by atoms with Gasteiger partial charge < -0.3 is 15.7 Å². The van der Waals surface area contributed by atoms with Gasteiger partial charge >= 0.3 is 5.97 Å². The molecule has 2 atom stereocenters. The molecule has 2 rings (SSSR count). The number of hydrogen-bond acceptors (Lipinski definition) is 3. The number of benzene rings is 1. The van der Waals surface area contributed by atoms with E-state index in [1.54, 1.807) is 12.1 Å². The normalized spacial score (nSPS) is 24.0. The summed E-state index contributed by atoms with van der Waals surface area (Å²) in [6.07, 6.45) is 1.20. The van der Waals surface area contributed by atoms with Crippen LogP contribution in [0, 0.1) is 11.8 Å². The summed E-state index contributed by atoms with van der Waals surface area (Å²) in [5.74, 6) is 0.268. The largest absolute Gasteiger partial charge is 0.478 e. The van der Waals surface area contributed by atoms with E-state index in [1.165, 1.54) is 6.42 Å². The molecule has 0 aliphatic carbocycles. The first-order chi connectivity index (χ1) is 8.47. The number of anilines is 2. The van der Waals surface area contributed by atoms with Crippen LogP contribution in [0.3, 0.4) is 0 Å². The molecule has 0 amide bonds. The number of carbonyl (C=O) groups is 1. The van der Waals surface area contributed by atoms with Crippen LogP contribution in [0.15, 0.2) is 18.2 Å². The van der Waals surface area contributed by atoms with Crippen LogP contribution in [0.1, 0.15) is 30.6 Å². The fourth-order valence-corrected chi connectivity index (χ4v) is 2.86. The maximum atomic E-state index is 11.3.